The molecule has 0 aromatic heterocycles. The van der Waals surface area contributed by atoms with Crippen molar-refractivity contribution in [3.63, 3.8) is 0 Å². The lowest BCUT2D eigenvalue weighted by atomic mass is 9.82. The third kappa shape index (κ3) is 4.06. The first kappa shape index (κ1) is 16.5. The maximum atomic E-state index is 5.98. The van der Waals surface area contributed by atoms with Crippen LogP contribution in [-0.2, 0) is 24.0 Å². The molecule has 1 aromatic carbocycles. The molecule has 3 N–H and O–H groups in total. The van der Waals surface area contributed by atoms with Crippen molar-refractivity contribution in [3.8, 4) is 0 Å². The average molecular weight is 290 g/mol. The Bertz CT molecular complexity index is 465. The maximum Gasteiger partial charge on any atom is 0.0792 e. The van der Waals surface area contributed by atoms with E-state index in [1.807, 2.05) is 6.92 Å². The molecule has 0 amide bonds. The average Bonchev–Trinajstić information content (AvgIpc) is 2.89. The smallest absolute Gasteiger partial charge is 0.0792 e. The van der Waals surface area contributed by atoms with E-state index >= 15 is 0 Å². The Labute approximate surface area is 129 Å². The van der Waals surface area contributed by atoms with Crippen molar-refractivity contribution >= 4 is 0 Å². The standard InChI is InChI=1S/C18H30N2O/c1-5-21-17(18(2,3)4)16(20-19)12-13-9-10-14-7-6-8-15(14)11-13/h9-11,16-17,20H,5-8,12,19H2,1-4H3. The number of aryl methyl sites for hydroxylation is 2. The second-order valence-electron chi connectivity index (χ2n) is 7.18. The SMILES string of the molecule is CCOC(C(Cc1ccc2c(c1)CCC2)NN)C(C)(C)C. The van der Waals surface area contributed by atoms with E-state index in [2.05, 4.69) is 44.4 Å². The Kier molecular flexibility index (Phi) is 5.42. The Morgan fingerprint density at radius 1 is 1.24 bits per heavy atom. The molecule has 0 aliphatic heterocycles. The van der Waals surface area contributed by atoms with E-state index < -0.39 is 0 Å². The van der Waals surface area contributed by atoms with E-state index in [0.29, 0.717) is 6.61 Å². The van der Waals surface area contributed by atoms with Crippen LogP contribution in [0.3, 0.4) is 0 Å². The lowest BCUT2D eigenvalue weighted by Gasteiger charge is -2.36. The zero-order chi connectivity index (χ0) is 15.5. The first-order chi connectivity index (χ1) is 9.95. The largest absolute Gasteiger partial charge is 0.376 e. The lowest BCUT2D eigenvalue weighted by Crippen LogP contribution is -2.52. The van der Waals surface area contributed by atoms with Gasteiger partial charge in [0, 0.05) is 6.61 Å². The van der Waals surface area contributed by atoms with Crippen LogP contribution < -0.4 is 11.3 Å². The molecular weight excluding hydrogens is 260 g/mol. The number of rotatable bonds is 6. The third-order valence-corrected chi connectivity index (χ3v) is 4.40. The Morgan fingerprint density at radius 2 is 1.95 bits per heavy atom. The number of hydrazine groups is 1. The molecule has 2 atom stereocenters. The van der Waals surface area contributed by atoms with Gasteiger partial charge in [-0.1, -0.05) is 39.0 Å². The molecule has 2 rings (SSSR count). The fourth-order valence-electron chi connectivity index (χ4n) is 3.41. The molecule has 21 heavy (non-hydrogen) atoms. The number of fused-ring (bicyclic) bond motifs is 1. The summed E-state index contributed by atoms with van der Waals surface area (Å²) in [5.41, 5.74) is 7.44. The summed E-state index contributed by atoms with van der Waals surface area (Å²) in [6.07, 6.45) is 4.75. The molecular formula is C18H30N2O. The fraction of sp³-hybridized carbons (Fsp3) is 0.667. The molecule has 0 heterocycles. The third-order valence-electron chi connectivity index (χ3n) is 4.40. The van der Waals surface area contributed by atoms with Crippen molar-refractivity contribution in [2.75, 3.05) is 6.61 Å². The molecule has 0 fully saturated rings. The summed E-state index contributed by atoms with van der Waals surface area (Å²) in [6.45, 7) is 9.38. The van der Waals surface area contributed by atoms with E-state index in [-0.39, 0.29) is 17.6 Å². The van der Waals surface area contributed by atoms with Crippen LogP contribution in [0.25, 0.3) is 0 Å². The molecule has 0 saturated heterocycles. The predicted molar refractivity (Wildman–Crippen MR) is 88.2 cm³/mol. The van der Waals surface area contributed by atoms with Gasteiger partial charge in [-0.2, -0.15) is 0 Å². The summed E-state index contributed by atoms with van der Waals surface area (Å²) in [6, 6.07) is 7.03. The van der Waals surface area contributed by atoms with Crippen molar-refractivity contribution in [3.05, 3.63) is 34.9 Å². The van der Waals surface area contributed by atoms with E-state index in [4.69, 9.17) is 10.6 Å². The molecule has 0 saturated carbocycles. The van der Waals surface area contributed by atoms with Crippen LogP contribution in [0, 0.1) is 5.41 Å². The van der Waals surface area contributed by atoms with Gasteiger partial charge in [0.05, 0.1) is 12.1 Å². The van der Waals surface area contributed by atoms with Crippen LogP contribution in [0.4, 0.5) is 0 Å². The Morgan fingerprint density at radius 3 is 2.57 bits per heavy atom. The number of benzene rings is 1. The summed E-state index contributed by atoms with van der Waals surface area (Å²) >= 11 is 0. The zero-order valence-electron chi connectivity index (χ0n) is 13.9. The molecule has 3 nitrogen and oxygen atoms in total. The minimum atomic E-state index is 0.0593. The van der Waals surface area contributed by atoms with Crippen LogP contribution in [0.5, 0.6) is 0 Å². The fourth-order valence-corrected chi connectivity index (χ4v) is 3.41. The number of hydrogen-bond donors (Lipinski definition) is 2. The van der Waals surface area contributed by atoms with Gasteiger partial charge < -0.3 is 4.74 Å². The van der Waals surface area contributed by atoms with Gasteiger partial charge >= 0.3 is 0 Å². The normalized spacial score (nSPS) is 17.6. The highest BCUT2D eigenvalue weighted by atomic mass is 16.5. The second-order valence-corrected chi connectivity index (χ2v) is 7.18. The summed E-state index contributed by atoms with van der Waals surface area (Å²) in [5.74, 6) is 5.83. The molecule has 2 unspecified atom stereocenters. The van der Waals surface area contributed by atoms with Gasteiger partial charge in [0.1, 0.15) is 0 Å². The van der Waals surface area contributed by atoms with Gasteiger partial charge in [-0.15, -0.1) is 0 Å². The van der Waals surface area contributed by atoms with Crippen LogP contribution >= 0.6 is 0 Å². The second kappa shape index (κ2) is 6.91. The van der Waals surface area contributed by atoms with Gasteiger partial charge in [0.25, 0.3) is 0 Å². The first-order valence-electron chi connectivity index (χ1n) is 8.14. The summed E-state index contributed by atoms with van der Waals surface area (Å²) in [4.78, 5) is 0. The number of hydrogen-bond acceptors (Lipinski definition) is 3. The number of nitrogens with one attached hydrogen (secondary N) is 1. The monoisotopic (exact) mass is 290 g/mol. The maximum absolute atomic E-state index is 5.98. The van der Waals surface area contributed by atoms with Crippen molar-refractivity contribution in [2.24, 2.45) is 11.3 Å². The molecule has 0 radical (unpaired) electrons. The first-order valence-corrected chi connectivity index (χ1v) is 8.14. The van der Waals surface area contributed by atoms with Gasteiger partial charge in [0.15, 0.2) is 0 Å². The zero-order valence-corrected chi connectivity index (χ0v) is 13.9. The van der Waals surface area contributed by atoms with Crippen LogP contribution in [0.2, 0.25) is 0 Å². The molecule has 1 aliphatic carbocycles. The van der Waals surface area contributed by atoms with Crippen molar-refractivity contribution in [1.29, 1.82) is 0 Å². The molecule has 118 valence electrons. The molecule has 3 heteroatoms. The lowest BCUT2D eigenvalue weighted by molar-refractivity contribution is -0.0356. The molecule has 1 aliphatic rings. The van der Waals surface area contributed by atoms with Crippen LogP contribution in [-0.4, -0.2) is 18.8 Å². The van der Waals surface area contributed by atoms with E-state index in [0.717, 1.165) is 6.42 Å². The van der Waals surface area contributed by atoms with Gasteiger partial charge in [-0.3, -0.25) is 11.3 Å². The van der Waals surface area contributed by atoms with E-state index in [9.17, 15) is 0 Å². The topological polar surface area (TPSA) is 47.3 Å². The Balaban J connectivity index is 2.14. The highest BCUT2D eigenvalue weighted by Crippen LogP contribution is 2.28. The number of ether oxygens (including phenoxy) is 1. The minimum Gasteiger partial charge on any atom is -0.376 e. The molecule has 0 spiro atoms. The van der Waals surface area contributed by atoms with Gasteiger partial charge in [-0.25, -0.2) is 0 Å². The van der Waals surface area contributed by atoms with Gasteiger partial charge in [0.2, 0.25) is 0 Å². The van der Waals surface area contributed by atoms with E-state index in [1.165, 1.54) is 36.0 Å². The van der Waals surface area contributed by atoms with Crippen molar-refractivity contribution in [1.82, 2.24) is 5.43 Å². The highest BCUT2D eigenvalue weighted by Gasteiger charge is 2.32. The summed E-state index contributed by atoms with van der Waals surface area (Å²) < 4.78 is 5.98. The van der Waals surface area contributed by atoms with Crippen LogP contribution in [0.15, 0.2) is 18.2 Å². The predicted octanol–water partition coefficient (Wildman–Crippen LogP) is 3.00. The van der Waals surface area contributed by atoms with Crippen molar-refractivity contribution < 1.29 is 4.74 Å². The van der Waals surface area contributed by atoms with E-state index in [1.54, 1.807) is 0 Å². The van der Waals surface area contributed by atoms with Gasteiger partial charge in [-0.05, 0) is 54.7 Å². The quantitative estimate of drug-likeness (QED) is 0.625. The minimum absolute atomic E-state index is 0.0593. The summed E-state index contributed by atoms with van der Waals surface area (Å²) in [7, 11) is 0. The molecule has 1 aromatic rings. The number of nitrogens with two attached hydrogens (primary N) is 1. The summed E-state index contributed by atoms with van der Waals surface area (Å²) in [5, 5.41) is 0. The van der Waals surface area contributed by atoms with Crippen LogP contribution in [0.1, 0.15) is 50.8 Å². The van der Waals surface area contributed by atoms with Crippen molar-refractivity contribution in [2.45, 2.75) is 65.5 Å². The highest BCUT2D eigenvalue weighted by molar-refractivity contribution is 5.35. The Hall–Kier alpha value is -0.900. The molecule has 0 bridgehead atoms.